The quantitative estimate of drug-likeness (QED) is 0.948. The van der Waals surface area contributed by atoms with Gasteiger partial charge in [-0.3, -0.25) is 9.69 Å². The van der Waals surface area contributed by atoms with Crippen LogP contribution in [0.15, 0.2) is 24.5 Å². The summed E-state index contributed by atoms with van der Waals surface area (Å²) in [5, 5.41) is 0.932. The molecule has 23 heavy (non-hydrogen) atoms. The number of hydrogen-bond donors (Lipinski definition) is 1. The van der Waals surface area contributed by atoms with E-state index in [4.69, 9.17) is 0 Å². The van der Waals surface area contributed by atoms with Crippen LogP contribution in [0.5, 0.6) is 0 Å². The van der Waals surface area contributed by atoms with Crippen molar-refractivity contribution in [3.63, 3.8) is 0 Å². The summed E-state index contributed by atoms with van der Waals surface area (Å²) in [5.41, 5.74) is 1.56. The number of likely N-dealkylation sites (tertiary alicyclic amines) is 2. The van der Waals surface area contributed by atoms with Crippen molar-refractivity contribution < 1.29 is 4.79 Å². The predicted octanol–water partition coefficient (Wildman–Crippen LogP) is 2.65. The number of amides is 1. The van der Waals surface area contributed by atoms with E-state index >= 15 is 0 Å². The van der Waals surface area contributed by atoms with Crippen molar-refractivity contribution in [3.05, 3.63) is 30.1 Å². The molecule has 5 heteroatoms. The third kappa shape index (κ3) is 2.43. The molecule has 4 rings (SSSR count). The van der Waals surface area contributed by atoms with Crippen LogP contribution in [0.4, 0.5) is 0 Å². The van der Waals surface area contributed by atoms with Crippen LogP contribution in [-0.4, -0.2) is 57.4 Å². The number of likely N-dealkylation sites (N-methyl/N-ethyl adjacent to an activating group) is 1. The van der Waals surface area contributed by atoms with Gasteiger partial charge in [0.1, 0.15) is 5.65 Å². The summed E-state index contributed by atoms with van der Waals surface area (Å²) in [5.74, 6) is 0.162. The van der Waals surface area contributed by atoms with Crippen LogP contribution in [0.1, 0.15) is 43.0 Å². The largest absolute Gasteiger partial charge is 0.345 e. The molecule has 5 nitrogen and oxygen atoms in total. The van der Waals surface area contributed by atoms with Crippen LogP contribution in [0, 0.1) is 0 Å². The van der Waals surface area contributed by atoms with Crippen LogP contribution in [-0.2, 0) is 0 Å². The van der Waals surface area contributed by atoms with Gasteiger partial charge in [0.05, 0.1) is 5.56 Å². The van der Waals surface area contributed by atoms with E-state index < -0.39 is 0 Å². The second-order valence-corrected chi connectivity index (χ2v) is 6.65. The number of hydrogen-bond acceptors (Lipinski definition) is 3. The smallest absolute Gasteiger partial charge is 0.256 e. The van der Waals surface area contributed by atoms with E-state index in [1.165, 1.54) is 19.4 Å². The average molecular weight is 312 g/mol. The van der Waals surface area contributed by atoms with Crippen LogP contribution >= 0.6 is 0 Å². The van der Waals surface area contributed by atoms with Crippen LogP contribution in [0.25, 0.3) is 11.0 Å². The standard InChI is InChI=1S/C18H24N4O/c1-2-21-10-4-7-15(21)16-8-5-11-22(16)18(23)14-12-20-17-13(14)6-3-9-19-17/h3,6,9,12,15-16H,2,4-5,7-8,10-11H2,1H3,(H,19,20)/t15-,16-/m1/s1. The molecule has 2 saturated heterocycles. The molecule has 2 fully saturated rings. The van der Waals surface area contributed by atoms with E-state index in [2.05, 4.69) is 26.7 Å². The van der Waals surface area contributed by atoms with Gasteiger partial charge in [0.2, 0.25) is 0 Å². The van der Waals surface area contributed by atoms with Crippen LogP contribution in [0.2, 0.25) is 0 Å². The highest BCUT2D eigenvalue weighted by atomic mass is 16.2. The molecule has 2 aliphatic rings. The predicted molar refractivity (Wildman–Crippen MR) is 90.4 cm³/mol. The number of nitrogens with one attached hydrogen (secondary N) is 1. The summed E-state index contributed by atoms with van der Waals surface area (Å²) in [4.78, 5) is 25.2. The fourth-order valence-corrected chi connectivity index (χ4v) is 4.41. The number of H-pyrrole nitrogens is 1. The van der Waals surface area contributed by atoms with E-state index in [0.29, 0.717) is 12.1 Å². The fraction of sp³-hybridized carbons (Fsp3) is 0.556. The van der Waals surface area contributed by atoms with E-state index in [0.717, 1.165) is 42.5 Å². The van der Waals surface area contributed by atoms with E-state index in [1.807, 2.05) is 18.3 Å². The third-order valence-electron chi connectivity index (χ3n) is 5.51. The van der Waals surface area contributed by atoms with Gasteiger partial charge in [0, 0.05) is 36.4 Å². The van der Waals surface area contributed by atoms with E-state index in [9.17, 15) is 4.79 Å². The first-order chi connectivity index (χ1) is 11.3. The molecule has 0 bridgehead atoms. The van der Waals surface area contributed by atoms with Gasteiger partial charge in [-0.15, -0.1) is 0 Å². The summed E-state index contributed by atoms with van der Waals surface area (Å²) in [7, 11) is 0. The fourth-order valence-electron chi connectivity index (χ4n) is 4.41. The molecule has 2 atom stereocenters. The minimum Gasteiger partial charge on any atom is -0.345 e. The molecule has 1 N–H and O–H groups in total. The minimum absolute atomic E-state index is 0.162. The van der Waals surface area contributed by atoms with Crippen molar-refractivity contribution in [3.8, 4) is 0 Å². The van der Waals surface area contributed by atoms with E-state index in [1.54, 1.807) is 6.20 Å². The summed E-state index contributed by atoms with van der Waals surface area (Å²) >= 11 is 0. The van der Waals surface area contributed by atoms with Crippen molar-refractivity contribution >= 4 is 16.9 Å². The Bertz CT molecular complexity index is 710. The van der Waals surface area contributed by atoms with Gasteiger partial charge in [0.15, 0.2) is 0 Å². The molecular formula is C18H24N4O. The number of nitrogens with zero attached hydrogens (tertiary/aromatic N) is 3. The molecule has 0 aromatic carbocycles. The van der Waals surface area contributed by atoms with Crippen LogP contribution in [0.3, 0.4) is 0 Å². The summed E-state index contributed by atoms with van der Waals surface area (Å²) < 4.78 is 0. The zero-order chi connectivity index (χ0) is 15.8. The maximum absolute atomic E-state index is 13.1. The Morgan fingerprint density at radius 1 is 1.30 bits per heavy atom. The minimum atomic E-state index is 0.162. The van der Waals surface area contributed by atoms with Crippen molar-refractivity contribution in [2.45, 2.75) is 44.7 Å². The molecule has 0 radical (unpaired) electrons. The van der Waals surface area contributed by atoms with E-state index in [-0.39, 0.29) is 5.91 Å². The Hall–Kier alpha value is -1.88. The molecule has 0 saturated carbocycles. The van der Waals surface area contributed by atoms with Crippen molar-refractivity contribution in [2.75, 3.05) is 19.6 Å². The third-order valence-corrected chi connectivity index (χ3v) is 5.51. The molecular weight excluding hydrogens is 288 g/mol. The Labute approximate surface area is 136 Å². The molecule has 0 spiro atoms. The van der Waals surface area contributed by atoms with Crippen LogP contribution < -0.4 is 0 Å². The lowest BCUT2D eigenvalue weighted by molar-refractivity contribution is 0.0652. The molecule has 0 unspecified atom stereocenters. The van der Waals surface area contributed by atoms with Crippen molar-refractivity contribution in [1.29, 1.82) is 0 Å². The molecule has 4 heterocycles. The SMILES string of the molecule is CCN1CCC[C@@H]1[C@H]1CCCN1C(=O)c1c[nH]c2ncccc12. The Balaban J connectivity index is 1.62. The van der Waals surface area contributed by atoms with Gasteiger partial charge in [-0.1, -0.05) is 6.92 Å². The first-order valence-corrected chi connectivity index (χ1v) is 8.76. The lowest BCUT2D eigenvalue weighted by atomic mass is 10.0. The number of rotatable bonds is 3. The normalized spacial score (nSPS) is 25.5. The van der Waals surface area contributed by atoms with Gasteiger partial charge < -0.3 is 9.88 Å². The number of fused-ring (bicyclic) bond motifs is 1. The van der Waals surface area contributed by atoms with Gasteiger partial charge in [-0.05, 0) is 50.9 Å². The number of carbonyl (C=O) groups is 1. The first-order valence-electron chi connectivity index (χ1n) is 8.76. The first kappa shape index (κ1) is 14.7. The molecule has 1 amide bonds. The average Bonchev–Trinajstić information content (AvgIpc) is 3.31. The van der Waals surface area contributed by atoms with Gasteiger partial charge >= 0.3 is 0 Å². The maximum atomic E-state index is 13.1. The molecule has 2 aromatic rings. The molecule has 0 aliphatic carbocycles. The molecule has 2 aliphatic heterocycles. The topological polar surface area (TPSA) is 52.2 Å². The second-order valence-electron chi connectivity index (χ2n) is 6.65. The zero-order valence-electron chi connectivity index (χ0n) is 13.7. The Morgan fingerprint density at radius 2 is 2.13 bits per heavy atom. The van der Waals surface area contributed by atoms with Gasteiger partial charge in [-0.25, -0.2) is 4.98 Å². The Morgan fingerprint density at radius 3 is 3.00 bits per heavy atom. The zero-order valence-corrected chi connectivity index (χ0v) is 13.7. The molecule has 2 aromatic heterocycles. The monoisotopic (exact) mass is 312 g/mol. The number of pyridine rings is 1. The number of carbonyl (C=O) groups excluding carboxylic acids is 1. The summed E-state index contributed by atoms with van der Waals surface area (Å²) in [6, 6.07) is 4.77. The maximum Gasteiger partial charge on any atom is 0.256 e. The number of aromatic amines is 1. The number of aromatic nitrogens is 2. The highest BCUT2D eigenvalue weighted by Crippen LogP contribution is 2.31. The van der Waals surface area contributed by atoms with Crippen molar-refractivity contribution in [2.24, 2.45) is 0 Å². The van der Waals surface area contributed by atoms with Gasteiger partial charge in [-0.2, -0.15) is 0 Å². The summed E-state index contributed by atoms with van der Waals surface area (Å²) in [6.07, 6.45) is 8.30. The highest BCUT2D eigenvalue weighted by Gasteiger charge is 2.39. The lowest BCUT2D eigenvalue weighted by Crippen LogP contribution is -2.48. The lowest BCUT2D eigenvalue weighted by Gasteiger charge is -2.34. The van der Waals surface area contributed by atoms with Crippen molar-refractivity contribution in [1.82, 2.24) is 19.8 Å². The molecule has 122 valence electrons. The highest BCUT2D eigenvalue weighted by molar-refractivity contribution is 6.06. The Kier molecular flexibility index (Phi) is 3.81. The summed E-state index contributed by atoms with van der Waals surface area (Å²) in [6.45, 7) is 5.37. The van der Waals surface area contributed by atoms with Gasteiger partial charge in [0.25, 0.3) is 5.91 Å². The second kappa shape index (κ2) is 5.96.